The average Bonchev–Trinajstić information content (AvgIpc) is 3.27. The number of anilines is 1. The van der Waals surface area contributed by atoms with E-state index < -0.39 is 0 Å². The maximum absolute atomic E-state index is 12.4. The van der Waals surface area contributed by atoms with Crippen molar-refractivity contribution in [2.45, 2.75) is 12.8 Å². The number of pyridine rings is 2. The van der Waals surface area contributed by atoms with Gasteiger partial charge in [-0.2, -0.15) is 0 Å². The van der Waals surface area contributed by atoms with Crippen molar-refractivity contribution >= 4 is 11.7 Å². The monoisotopic (exact) mass is 371 g/mol. The van der Waals surface area contributed by atoms with E-state index in [1.54, 1.807) is 37.1 Å². The first-order valence-corrected chi connectivity index (χ1v) is 8.77. The minimum atomic E-state index is -0.154. The van der Waals surface area contributed by atoms with Crippen molar-refractivity contribution in [3.05, 3.63) is 73.2 Å². The average molecular weight is 371 g/mol. The molecule has 0 radical (unpaired) electrons. The van der Waals surface area contributed by atoms with Crippen LogP contribution in [0.15, 0.2) is 67.4 Å². The molecule has 1 amide bonds. The number of aromatic amines is 1. The second-order valence-electron chi connectivity index (χ2n) is 6.00. The lowest BCUT2D eigenvalue weighted by atomic mass is 10.2. The largest absolute Gasteiger partial charge is 0.349 e. The van der Waals surface area contributed by atoms with Gasteiger partial charge in [-0.05, 0) is 24.3 Å². The Balaban J connectivity index is 1.61. The fraction of sp³-hybridized carbons (Fsp3) is 0.100. The van der Waals surface area contributed by atoms with Gasteiger partial charge >= 0.3 is 0 Å². The predicted octanol–water partition coefficient (Wildman–Crippen LogP) is 2.90. The van der Waals surface area contributed by atoms with Gasteiger partial charge in [-0.15, -0.1) is 0 Å². The van der Waals surface area contributed by atoms with Crippen LogP contribution < -0.4 is 5.32 Å². The van der Waals surface area contributed by atoms with Gasteiger partial charge in [0.1, 0.15) is 17.3 Å². The highest BCUT2D eigenvalue weighted by Crippen LogP contribution is 2.23. The molecule has 4 aromatic heterocycles. The van der Waals surface area contributed by atoms with E-state index in [2.05, 4.69) is 35.2 Å². The van der Waals surface area contributed by atoms with Gasteiger partial charge in [-0.3, -0.25) is 14.8 Å². The number of rotatable bonds is 6. The van der Waals surface area contributed by atoms with E-state index in [1.807, 2.05) is 30.3 Å². The van der Waals surface area contributed by atoms with Crippen molar-refractivity contribution in [1.82, 2.24) is 29.9 Å². The lowest BCUT2D eigenvalue weighted by Gasteiger charge is -2.09. The van der Waals surface area contributed by atoms with E-state index in [4.69, 9.17) is 0 Å². The number of imidazole rings is 1. The zero-order valence-electron chi connectivity index (χ0n) is 14.9. The Morgan fingerprint density at radius 3 is 2.71 bits per heavy atom. The van der Waals surface area contributed by atoms with E-state index in [9.17, 15) is 4.79 Å². The van der Waals surface area contributed by atoms with Crippen molar-refractivity contribution in [3.63, 3.8) is 0 Å². The Hall–Kier alpha value is -3.94. The molecule has 0 fully saturated rings. The van der Waals surface area contributed by atoms with Crippen LogP contribution in [0.4, 0.5) is 5.82 Å². The van der Waals surface area contributed by atoms with E-state index in [1.165, 1.54) is 0 Å². The number of amides is 1. The van der Waals surface area contributed by atoms with Gasteiger partial charge in [0.25, 0.3) is 0 Å². The first-order valence-electron chi connectivity index (χ1n) is 8.77. The highest BCUT2D eigenvalue weighted by atomic mass is 16.1. The Labute approximate surface area is 161 Å². The quantitative estimate of drug-likeness (QED) is 0.539. The Morgan fingerprint density at radius 1 is 1.00 bits per heavy atom. The first kappa shape index (κ1) is 17.5. The number of H-pyrrole nitrogens is 1. The van der Waals surface area contributed by atoms with Crippen LogP contribution in [0.1, 0.15) is 12.2 Å². The second-order valence-corrected chi connectivity index (χ2v) is 6.00. The number of hydrogen-bond donors (Lipinski definition) is 2. The molecule has 4 rings (SSSR count). The molecule has 0 saturated heterocycles. The Bertz CT molecular complexity index is 993. The van der Waals surface area contributed by atoms with E-state index in [0.29, 0.717) is 35.9 Å². The summed E-state index contributed by atoms with van der Waals surface area (Å²) in [6.45, 7) is 0. The molecule has 0 saturated carbocycles. The molecule has 0 unspecified atom stereocenters. The van der Waals surface area contributed by atoms with Crippen molar-refractivity contribution in [3.8, 4) is 22.8 Å². The summed E-state index contributed by atoms with van der Waals surface area (Å²) < 4.78 is 0. The normalized spacial score (nSPS) is 10.6. The smallest absolute Gasteiger partial charge is 0.225 e. The van der Waals surface area contributed by atoms with Crippen LogP contribution in [-0.4, -0.2) is 35.8 Å². The molecular weight excluding hydrogens is 354 g/mol. The molecule has 0 spiro atoms. The van der Waals surface area contributed by atoms with Crippen molar-refractivity contribution < 1.29 is 4.79 Å². The zero-order valence-corrected chi connectivity index (χ0v) is 14.9. The third kappa shape index (κ3) is 4.24. The number of carbonyl (C=O) groups excluding carboxylic acids is 1. The highest BCUT2D eigenvalue weighted by molar-refractivity contribution is 5.90. The lowest BCUT2D eigenvalue weighted by molar-refractivity contribution is -0.116. The van der Waals surface area contributed by atoms with E-state index >= 15 is 0 Å². The van der Waals surface area contributed by atoms with Crippen molar-refractivity contribution in [2.75, 3.05) is 5.32 Å². The minimum absolute atomic E-state index is 0.154. The minimum Gasteiger partial charge on any atom is -0.349 e. The number of aromatic nitrogens is 6. The molecule has 0 aromatic carbocycles. The van der Waals surface area contributed by atoms with E-state index in [0.717, 1.165) is 11.4 Å². The third-order valence-electron chi connectivity index (χ3n) is 3.99. The van der Waals surface area contributed by atoms with Crippen LogP contribution in [-0.2, 0) is 11.2 Å². The fourth-order valence-electron chi connectivity index (χ4n) is 2.65. The van der Waals surface area contributed by atoms with Gasteiger partial charge < -0.3 is 10.3 Å². The van der Waals surface area contributed by atoms with Gasteiger partial charge in [0.05, 0.1) is 5.69 Å². The summed E-state index contributed by atoms with van der Waals surface area (Å²) in [5.74, 6) is 1.46. The van der Waals surface area contributed by atoms with Crippen LogP contribution in [0.25, 0.3) is 22.8 Å². The molecule has 2 N–H and O–H groups in total. The first-order chi connectivity index (χ1) is 13.8. The fourth-order valence-corrected chi connectivity index (χ4v) is 2.65. The van der Waals surface area contributed by atoms with Crippen LogP contribution in [0.2, 0.25) is 0 Å². The number of hydrogen-bond acceptors (Lipinski definition) is 6. The van der Waals surface area contributed by atoms with Gasteiger partial charge in [0, 0.05) is 55.5 Å². The molecule has 4 heterocycles. The zero-order chi connectivity index (χ0) is 19.2. The summed E-state index contributed by atoms with van der Waals surface area (Å²) >= 11 is 0. The molecule has 0 bridgehead atoms. The van der Waals surface area contributed by atoms with E-state index in [-0.39, 0.29) is 5.91 Å². The number of carbonyl (C=O) groups is 1. The number of nitrogens with zero attached hydrogens (tertiary/aromatic N) is 5. The Morgan fingerprint density at radius 2 is 1.96 bits per heavy atom. The molecule has 138 valence electrons. The summed E-state index contributed by atoms with van der Waals surface area (Å²) in [5.41, 5.74) is 2.11. The van der Waals surface area contributed by atoms with Crippen molar-refractivity contribution in [2.24, 2.45) is 0 Å². The van der Waals surface area contributed by atoms with Gasteiger partial charge in [-0.1, -0.05) is 6.07 Å². The number of nitrogens with one attached hydrogen (secondary N) is 2. The molecule has 0 aliphatic heterocycles. The highest BCUT2D eigenvalue weighted by Gasteiger charge is 2.12. The Kier molecular flexibility index (Phi) is 5.10. The van der Waals surface area contributed by atoms with Crippen molar-refractivity contribution in [1.29, 1.82) is 0 Å². The topological polar surface area (TPSA) is 109 Å². The molecule has 28 heavy (non-hydrogen) atoms. The SMILES string of the molecule is O=C(CCc1ncc[nH]1)Nc1cc(-c2cccnc2)nc(-c2ccccn2)n1. The molecule has 8 nitrogen and oxygen atoms in total. The second kappa shape index (κ2) is 8.17. The number of aryl methyl sites for hydroxylation is 1. The molecule has 8 heteroatoms. The third-order valence-corrected chi connectivity index (χ3v) is 3.99. The molecule has 0 atom stereocenters. The van der Waals surface area contributed by atoms with Crippen LogP contribution in [0, 0.1) is 0 Å². The van der Waals surface area contributed by atoms with Crippen LogP contribution >= 0.6 is 0 Å². The van der Waals surface area contributed by atoms with Gasteiger partial charge in [0.15, 0.2) is 5.82 Å². The van der Waals surface area contributed by atoms with Crippen LogP contribution in [0.5, 0.6) is 0 Å². The van der Waals surface area contributed by atoms with Gasteiger partial charge in [0.2, 0.25) is 5.91 Å². The lowest BCUT2D eigenvalue weighted by Crippen LogP contribution is -2.14. The van der Waals surface area contributed by atoms with Crippen LogP contribution in [0.3, 0.4) is 0 Å². The standard InChI is InChI=1S/C20H17N7O/c28-19(7-6-17-23-10-11-24-17)26-18-12-16(14-4-3-8-21-13-14)25-20(27-18)15-5-1-2-9-22-15/h1-5,8-13H,6-7H2,(H,23,24)(H,25,26,27,28). The molecule has 0 aliphatic rings. The summed E-state index contributed by atoms with van der Waals surface area (Å²) in [4.78, 5) is 37.0. The maximum Gasteiger partial charge on any atom is 0.225 e. The summed E-state index contributed by atoms with van der Waals surface area (Å²) in [7, 11) is 0. The predicted molar refractivity (Wildman–Crippen MR) is 104 cm³/mol. The summed E-state index contributed by atoms with van der Waals surface area (Å²) in [6, 6.07) is 11.0. The maximum atomic E-state index is 12.4. The van der Waals surface area contributed by atoms with Gasteiger partial charge in [-0.25, -0.2) is 15.0 Å². The molecule has 4 aromatic rings. The summed E-state index contributed by atoms with van der Waals surface area (Å²) in [5, 5.41) is 2.84. The molecular formula is C20H17N7O. The summed E-state index contributed by atoms with van der Waals surface area (Å²) in [6.07, 6.45) is 9.30. The molecule has 0 aliphatic carbocycles.